The summed E-state index contributed by atoms with van der Waals surface area (Å²) >= 11 is 0. The van der Waals surface area contributed by atoms with Crippen LogP contribution in [0.4, 0.5) is 0 Å². The molecule has 5 rings (SSSR count). The van der Waals surface area contributed by atoms with Gasteiger partial charge in [-0.1, -0.05) is 32.0 Å². The Morgan fingerprint density at radius 1 is 1.09 bits per heavy atom. The number of aryl methyl sites for hydroxylation is 2. The number of esters is 1. The van der Waals surface area contributed by atoms with Crippen LogP contribution >= 0.6 is 0 Å². The third kappa shape index (κ3) is 4.44. The maximum atomic E-state index is 12.8. The number of carbonyl (C=O) groups excluding carboxylic acids is 1. The second-order valence-electron chi connectivity index (χ2n) is 10.9. The van der Waals surface area contributed by atoms with Crippen molar-refractivity contribution in [1.82, 2.24) is 0 Å². The standard InChI is InChI=1S/C30H38O4/c1-3-18-33-23-9-4-20(5-10-23)6-15-29(32)34-28-14-13-27-26-11-7-21-19-22(31)8-12-24(21)25(26)16-17-30(27,28)2/h4-5,8-10,12,19,25-28,31H,3,6-7,11,13-18H2,1-2H3/t25-,26-,27-,28-,30-/m0/s1. The van der Waals surface area contributed by atoms with Gasteiger partial charge in [0.05, 0.1) is 6.61 Å². The number of rotatable bonds is 7. The minimum atomic E-state index is -0.0650. The molecule has 0 aliphatic heterocycles. The summed E-state index contributed by atoms with van der Waals surface area (Å²) in [6.45, 7) is 5.20. The summed E-state index contributed by atoms with van der Waals surface area (Å²) in [6, 6.07) is 14.0. The average molecular weight is 463 g/mol. The van der Waals surface area contributed by atoms with Crippen LogP contribution in [-0.2, 0) is 22.4 Å². The minimum absolute atomic E-state index is 0.0389. The molecule has 2 aromatic carbocycles. The van der Waals surface area contributed by atoms with Crippen LogP contribution in [0.5, 0.6) is 11.5 Å². The van der Waals surface area contributed by atoms with Crippen LogP contribution < -0.4 is 4.74 Å². The van der Waals surface area contributed by atoms with Crippen LogP contribution in [0.2, 0.25) is 0 Å². The third-order valence-corrected chi connectivity index (χ3v) is 8.91. The van der Waals surface area contributed by atoms with E-state index in [0.717, 1.165) is 56.4 Å². The van der Waals surface area contributed by atoms with Gasteiger partial charge in [0.15, 0.2) is 0 Å². The van der Waals surface area contributed by atoms with Crippen molar-refractivity contribution in [3.63, 3.8) is 0 Å². The highest BCUT2D eigenvalue weighted by molar-refractivity contribution is 5.70. The molecule has 0 spiro atoms. The largest absolute Gasteiger partial charge is 0.508 e. The first-order valence-corrected chi connectivity index (χ1v) is 13.2. The van der Waals surface area contributed by atoms with Crippen molar-refractivity contribution in [1.29, 1.82) is 0 Å². The van der Waals surface area contributed by atoms with E-state index in [9.17, 15) is 9.90 Å². The predicted octanol–water partition coefficient (Wildman–Crippen LogP) is 6.58. The fourth-order valence-electron chi connectivity index (χ4n) is 7.15. The number of hydrogen-bond acceptors (Lipinski definition) is 4. The van der Waals surface area contributed by atoms with Gasteiger partial charge in [-0.2, -0.15) is 0 Å². The molecule has 2 aromatic rings. The first kappa shape index (κ1) is 23.3. The number of benzene rings is 2. The van der Waals surface area contributed by atoms with Gasteiger partial charge in [-0.25, -0.2) is 0 Å². The van der Waals surface area contributed by atoms with E-state index in [-0.39, 0.29) is 17.5 Å². The molecule has 4 heteroatoms. The first-order valence-electron chi connectivity index (χ1n) is 13.2. The molecule has 2 fully saturated rings. The molecule has 1 N–H and O–H groups in total. The fraction of sp³-hybridized carbons (Fsp3) is 0.567. The average Bonchev–Trinajstić information content (AvgIpc) is 3.17. The monoisotopic (exact) mass is 462 g/mol. The highest BCUT2D eigenvalue weighted by Crippen LogP contribution is 2.61. The van der Waals surface area contributed by atoms with Gasteiger partial charge in [0, 0.05) is 11.8 Å². The Bertz CT molecular complexity index is 1010. The second kappa shape index (κ2) is 9.64. The van der Waals surface area contributed by atoms with Crippen LogP contribution in [0.25, 0.3) is 0 Å². The van der Waals surface area contributed by atoms with Crippen molar-refractivity contribution < 1.29 is 19.4 Å². The Morgan fingerprint density at radius 3 is 2.71 bits per heavy atom. The van der Waals surface area contributed by atoms with Crippen molar-refractivity contribution in [3.8, 4) is 11.5 Å². The molecule has 2 saturated carbocycles. The van der Waals surface area contributed by atoms with Gasteiger partial charge in [0.2, 0.25) is 0 Å². The van der Waals surface area contributed by atoms with Crippen molar-refractivity contribution in [3.05, 3.63) is 59.2 Å². The number of phenols is 1. The SMILES string of the molecule is CCCOc1ccc(CCC(=O)O[C@H]2CC[C@H]3[C@H]4CCc5cc(O)ccc5[C@@H]4CC[C@]23C)cc1. The van der Waals surface area contributed by atoms with Crippen molar-refractivity contribution in [2.24, 2.45) is 17.3 Å². The van der Waals surface area contributed by atoms with Gasteiger partial charge in [0.25, 0.3) is 0 Å². The summed E-state index contributed by atoms with van der Waals surface area (Å²) in [6.07, 6.45) is 8.79. The highest BCUT2D eigenvalue weighted by atomic mass is 16.5. The summed E-state index contributed by atoms with van der Waals surface area (Å²) in [5.41, 5.74) is 4.01. The minimum Gasteiger partial charge on any atom is -0.508 e. The molecule has 4 nitrogen and oxygen atoms in total. The lowest BCUT2D eigenvalue weighted by Crippen LogP contribution is -2.45. The van der Waals surface area contributed by atoms with Crippen LogP contribution in [0.3, 0.4) is 0 Å². The van der Waals surface area contributed by atoms with Crippen molar-refractivity contribution in [2.45, 2.75) is 83.7 Å². The number of aromatic hydroxyl groups is 1. The van der Waals surface area contributed by atoms with Gasteiger partial charge in [-0.3, -0.25) is 4.79 Å². The van der Waals surface area contributed by atoms with Crippen LogP contribution in [0.1, 0.15) is 81.4 Å². The number of ether oxygens (including phenoxy) is 2. The molecule has 0 heterocycles. The quantitative estimate of drug-likeness (QED) is 0.472. The van der Waals surface area contributed by atoms with Gasteiger partial charge in [-0.15, -0.1) is 0 Å². The Morgan fingerprint density at radius 2 is 1.91 bits per heavy atom. The van der Waals surface area contributed by atoms with E-state index in [1.807, 2.05) is 36.4 Å². The lowest BCUT2D eigenvalue weighted by atomic mass is 9.55. The molecule has 182 valence electrons. The molecule has 5 atom stereocenters. The fourth-order valence-corrected chi connectivity index (χ4v) is 7.15. The number of fused-ring (bicyclic) bond motifs is 5. The lowest BCUT2D eigenvalue weighted by molar-refractivity contribution is -0.157. The smallest absolute Gasteiger partial charge is 0.306 e. The van der Waals surface area contributed by atoms with E-state index in [4.69, 9.17) is 9.47 Å². The zero-order valence-corrected chi connectivity index (χ0v) is 20.6. The van der Waals surface area contributed by atoms with E-state index in [2.05, 4.69) is 19.9 Å². The molecule has 0 saturated heterocycles. The summed E-state index contributed by atoms with van der Waals surface area (Å²) in [5.74, 6) is 3.06. The molecule has 3 aliphatic rings. The topological polar surface area (TPSA) is 55.8 Å². The Hall–Kier alpha value is -2.49. The summed E-state index contributed by atoms with van der Waals surface area (Å²) in [7, 11) is 0. The van der Waals surface area contributed by atoms with Crippen LogP contribution in [-0.4, -0.2) is 23.8 Å². The van der Waals surface area contributed by atoms with Crippen molar-refractivity contribution in [2.75, 3.05) is 6.61 Å². The maximum absolute atomic E-state index is 12.8. The van der Waals surface area contributed by atoms with E-state index >= 15 is 0 Å². The Kier molecular flexibility index (Phi) is 6.59. The third-order valence-electron chi connectivity index (χ3n) is 8.91. The zero-order chi connectivity index (χ0) is 23.7. The van der Waals surface area contributed by atoms with Gasteiger partial charge >= 0.3 is 5.97 Å². The Balaban J connectivity index is 1.18. The molecule has 0 radical (unpaired) electrons. The molecule has 0 amide bonds. The first-order chi connectivity index (χ1) is 16.5. The highest BCUT2D eigenvalue weighted by Gasteiger charge is 2.56. The molecular formula is C30H38O4. The van der Waals surface area contributed by atoms with E-state index in [1.54, 1.807) is 0 Å². The number of carbonyl (C=O) groups is 1. The summed E-state index contributed by atoms with van der Waals surface area (Å²) < 4.78 is 11.8. The van der Waals surface area contributed by atoms with Crippen molar-refractivity contribution >= 4 is 5.97 Å². The summed E-state index contributed by atoms with van der Waals surface area (Å²) in [5, 5.41) is 9.90. The molecule has 0 aromatic heterocycles. The maximum Gasteiger partial charge on any atom is 0.306 e. The molecule has 0 unspecified atom stereocenters. The van der Waals surface area contributed by atoms with Gasteiger partial charge < -0.3 is 14.6 Å². The molecule has 34 heavy (non-hydrogen) atoms. The van der Waals surface area contributed by atoms with Crippen LogP contribution in [0.15, 0.2) is 42.5 Å². The van der Waals surface area contributed by atoms with Gasteiger partial charge in [-0.05, 0) is 110 Å². The molecule has 0 bridgehead atoms. The predicted molar refractivity (Wildman–Crippen MR) is 133 cm³/mol. The second-order valence-corrected chi connectivity index (χ2v) is 10.9. The summed E-state index contributed by atoms with van der Waals surface area (Å²) in [4.78, 5) is 12.8. The van der Waals surface area contributed by atoms with E-state index in [1.165, 1.54) is 17.5 Å². The lowest BCUT2D eigenvalue weighted by Gasteiger charge is -2.50. The number of hydrogen-bond donors (Lipinski definition) is 1. The molecule has 3 aliphatic carbocycles. The van der Waals surface area contributed by atoms with Crippen LogP contribution in [0, 0.1) is 17.3 Å². The van der Waals surface area contributed by atoms with E-state index < -0.39 is 0 Å². The van der Waals surface area contributed by atoms with Gasteiger partial charge in [0.1, 0.15) is 17.6 Å². The van der Waals surface area contributed by atoms with E-state index in [0.29, 0.717) is 36.3 Å². The zero-order valence-electron chi connectivity index (χ0n) is 20.6. The number of phenolic OH excluding ortho intramolecular Hbond substituents is 1. The molecular weight excluding hydrogens is 424 g/mol. The normalized spacial score (nSPS) is 29.6. The Labute approximate surface area is 203 Å².